The molecule has 0 amide bonds. The van der Waals surface area contributed by atoms with Crippen molar-refractivity contribution in [3.05, 3.63) is 26.6 Å². The van der Waals surface area contributed by atoms with Crippen LogP contribution in [0.4, 0.5) is 0 Å². The molecule has 0 fully saturated rings. The second kappa shape index (κ2) is 4.06. The molecule has 2 nitrogen and oxygen atoms in total. The van der Waals surface area contributed by atoms with Crippen LogP contribution in [0.2, 0.25) is 5.02 Å². The van der Waals surface area contributed by atoms with Crippen molar-refractivity contribution in [2.45, 2.75) is 19.8 Å². The minimum atomic E-state index is 0.616. The molecule has 0 aromatic carbocycles. The molecule has 2 heterocycles. The number of fused-ring (bicyclic) bond motifs is 1. The first-order valence-corrected chi connectivity index (χ1v) is 5.90. The van der Waals surface area contributed by atoms with Crippen LogP contribution in [-0.2, 0) is 6.42 Å². The number of aryl methyl sites for hydroxylation is 1. The molecule has 4 heteroatoms. The summed E-state index contributed by atoms with van der Waals surface area (Å²) in [4.78, 5) is 4.25. The number of pyridine rings is 1. The summed E-state index contributed by atoms with van der Waals surface area (Å²) in [6.45, 7) is 2.13. The Bertz CT molecular complexity index is 466. The van der Waals surface area contributed by atoms with E-state index in [1.807, 2.05) is 6.07 Å². The van der Waals surface area contributed by atoms with E-state index in [0.717, 1.165) is 33.3 Å². The van der Waals surface area contributed by atoms with Crippen molar-refractivity contribution >= 4 is 45.3 Å². The summed E-state index contributed by atoms with van der Waals surface area (Å²) in [5.74, 6) is 1.01. The smallest absolute Gasteiger partial charge is 0.155 e. The van der Waals surface area contributed by atoms with Gasteiger partial charge in [-0.15, -0.1) is 0 Å². The summed E-state index contributed by atoms with van der Waals surface area (Å²) in [6, 6.07) is 1.81. The first-order valence-electron chi connectivity index (χ1n) is 4.44. The Kier molecular flexibility index (Phi) is 2.97. The normalized spacial score (nSPS) is 11.1. The number of hydrogen-bond acceptors (Lipinski definition) is 2. The lowest BCUT2D eigenvalue weighted by Gasteiger charge is -1.90. The fourth-order valence-corrected chi connectivity index (χ4v) is 2.29. The van der Waals surface area contributed by atoms with Crippen LogP contribution in [0, 0.1) is 3.57 Å². The fraction of sp³-hybridized carbons (Fsp3) is 0.300. The number of furan rings is 1. The first-order chi connectivity index (χ1) is 6.72. The van der Waals surface area contributed by atoms with E-state index in [9.17, 15) is 0 Å². The van der Waals surface area contributed by atoms with Gasteiger partial charge in [-0.2, -0.15) is 0 Å². The third kappa shape index (κ3) is 1.75. The Morgan fingerprint density at radius 1 is 1.57 bits per heavy atom. The summed E-state index contributed by atoms with van der Waals surface area (Å²) in [7, 11) is 0. The number of nitrogens with zero attached hydrogens (tertiary/aromatic N) is 1. The Morgan fingerprint density at radius 2 is 2.36 bits per heavy atom. The molecule has 2 aromatic rings. The highest BCUT2D eigenvalue weighted by Gasteiger charge is 2.12. The largest absolute Gasteiger partial charge is 0.458 e. The molecule has 0 saturated carbocycles. The van der Waals surface area contributed by atoms with Gasteiger partial charge in [0.15, 0.2) is 5.58 Å². The van der Waals surface area contributed by atoms with Crippen molar-refractivity contribution in [1.82, 2.24) is 4.98 Å². The summed E-state index contributed by atoms with van der Waals surface area (Å²) in [5, 5.41) is 0.616. The zero-order valence-corrected chi connectivity index (χ0v) is 10.6. The van der Waals surface area contributed by atoms with Crippen LogP contribution in [0.1, 0.15) is 19.1 Å². The van der Waals surface area contributed by atoms with E-state index in [2.05, 4.69) is 34.5 Å². The van der Waals surface area contributed by atoms with Crippen molar-refractivity contribution in [3.63, 3.8) is 0 Å². The Morgan fingerprint density at radius 3 is 3.07 bits per heavy atom. The second-order valence-corrected chi connectivity index (χ2v) is 4.60. The van der Waals surface area contributed by atoms with E-state index >= 15 is 0 Å². The summed E-state index contributed by atoms with van der Waals surface area (Å²) in [6.07, 6.45) is 3.67. The maximum atomic E-state index is 5.83. The third-order valence-electron chi connectivity index (χ3n) is 1.98. The third-order valence-corrected chi connectivity index (χ3v) is 3.30. The molecule has 0 unspecified atom stereocenters. The van der Waals surface area contributed by atoms with E-state index in [1.165, 1.54) is 0 Å². The van der Waals surface area contributed by atoms with Crippen LogP contribution in [-0.4, -0.2) is 4.98 Å². The molecular formula is C10H9ClINO. The molecule has 0 saturated heterocycles. The molecule has 0 spiro atoms. The van der Waals surface area contributed by atoms with E-state index in [4.69, 9.17) is 16.0 Å². The average Bonchev–Trinajstić information content (AvgIpc) is 2.44. The van der Waals surface area contributed by atoms with Crippen molar-refractivity contribution < 1.29 is 4.42 Å². The van der Waals surface area contributed by atoms with Gasteiger partial charge in [0.25, 0.3) is 0 Å². The van der Waals surface area contributed by atoms with Crippen LogP contribution in [0.15, 0.2) is 16.7 Å². The summed E-state index contributed by atoms with van der Waals surface area (Å²) >= 11 is 8.10. The molecule has 0 aliphatic heterocycles. The number of aromatic nitrogens is 1. The van der Waals surface area contributed by atoms with Gasteiger partial charge in [-0.05, 0) is 29.0 Å². The van der Waals surface area contributed by atoms with E-state index in [0.29, 0.717) is 5.02 Å². The Hall–Kier alpha value is -0.290. The highest BCUT2D eigenvalue weighted by molar-refractivity contribution is 14.1. The molecule has 0 radical (unpaired) electrons. The predicted molar refractivity (Wildman–Crippen MR) is 65.7 cm³/mol. The fourth-order valence-electron chi connectivity index (χ4n) is 1.36. The van der Waals surface area contributed by atoms with Crippen molar-refractivity contribution in [3.8, 4) is 0 Å². The van der Waals surface area contributed by atoms with Crippen molar-refractivity contribution in [1.29, 1.82) is 0 Å². The molecular weight excluding hydrogens is 312 g/mol. The minimum absolute atomic E-state index is 0.616. The van der Waals surface area contributed by atoms with E-state index in [-0.39, 0.29) is 0 Å². The van der Waals surface area contributed by atoms with Gasteiger partial charge in [0.05, 0.1) is 8.59 Å². The van der Waals surface area contributed by atoms with Gasteiger partial charge in [0.2, 0.25) is 0 Å². The molecule has 0 aliphatic carbocycles. The van der Waals surface area contributed by atoms with Crippen molar-refractivity contribution in [2.24, 2.45) is 0 Å². The van der Waals surface area contributed by atoms with Gasteiger partial charge in [-0.3, -0.25) is 4.98 Å². The molecule has 2 rings (SSSR count). The Labute approximate surface area is 101 Å². The molecule has 2 aromatic heterocycles. The van der Waals surface area contributed by atoms with Gasteiger partial charge in [-0.1, -0.05) is 18.5 Å². The van der Waals surface area contributed by atoms with Crippen LogP contribution < -0.4 is 0 Å². The number of rotatable bonds is 2. The molecule has 0 bridgehead atoms. The lowest BCUT2D eigenvalue weighted by molar-refractivity contribution is 0.541. The predicted octanol–water partition coefficient (Wildman–Crippen LogP) is 4.04. The molecule has 0 atom stereocenters. The topological polar surface area (TPSA) is 26.0 Å². The van der Waals surface area contributed by atoms with Crippen LogP contribution in [0.3, 0.4) is 0 Å². The number of halogens is 2. The highest BCUT2D eigenvalue weighted by Crippen LogP contribution is 2.28. The van der Waals surface area contributed by atoms with Gasteiger partial charge >= 0.3 is 0 Å². The molecule has 0 aliphatic rings. The van der Waals surface area contributed by atoms with E-state index in [1.54, 1.807) is 6.20 Å². The maximum absolute atomic E-state index is 5.83. The molecule has 14 heavy (non-hydrogen) atoms. The molecule has 74 valence electrons. The second-order valence-electron chi connectivity index (χ2n) is 3.09. The maximum Gasteiger partial charge on any atom is 0.155 e. The average molecular weight is 322 g/mol. The molecule has 0 N–H and O–H groups in total. The SMILES string of the molecule is CCCc1oc2cc(Cl)cnc2c1I. The van der Waals surface area contributed by atoms with Gasteiger partial charge in [-0.25, -0.2) is 0 Å². The summed E-state index contributed by atoms with van der Waals surface area (Å²) < 4.78 is 6.77. The number of hydrogen-bond donors (Lipinski definition) is 0. The lowest BCUT2D eigenvalue weighted by Crippen LogP contribution is -1.81. The van der Waals surface area contributed by atoms with E-state index < -0.39 is 0 Å². The first kappa shape index (κ1) is 10.2. The zero-order chi connectivity index (χ0) is 10.1. The van der Waals surface area contributed by atoms with Crippen LogP contribution in [0.25, 0.3) is 11.1 Å². The Balaban J connectivity index is 2.61. The lowest BCUT2D eigenvalue weighted by atomic mass is 10.3. The van der Waals surface area contributed by atoms with Gasteiger partial charge in [0, 0.05) is 18.7 Å². The monoisotopic (exact) mass is 321 g/mol. The standard InChI is InChI=1S/C10H9ClINO/c1-2-3-7-9(12)10-8(14-7)4-6(11)5-13-10/h4-5H,2-3H2,1H3. The quantitative estimate of drug-likeness (QED) is 0.780. The minimum Gasteiger partial charge on any atom is -0.458 e. The van der Waals surface area contributed by atoms with Crippen molar-refractivity contribution in [2.75, 3.05) is 0 Å². The van der Waals surface area contributed by atoms with Crippen LogP contribution in [0.5, 0.6) is 0 Å². The highest BCUT2D eigenvalue weighted by atomic mass is 127. The van der Waals surface area contributed by atoms with Gasteiger partial charge < -0.3 is 4.42 Å². The van der Waals surface area contributed by atoms with Crippen LogP contribution >= 0.6 is 34.2 Å². The zero-order valence-electron chi connectivity index (χ0n) is 7.68. The summed E-state index contributed by atoms with van der Waals surface area (Å²) in [5.41, 5.74) is 1.70. The van der Waals surface area contributed by atoms with Gasteiger partial charge in [0.1, 0.15) is 11.3 Å².